The summed E-state index contributed by atoms with van der Waals surface area (Å²) in [6.45, 7) is 0.583. The Morgan fingerprint density at radius 1 is 1.33 bits per heavy atom. The number of anilines is 1. The van der Waals surface area contributed by atoms with Crippen LogP contribution in [-0.4, -0.2) is 23.7 Å². The molecule has 92 valence electrons. The van der Waals surface area contributed by atoms with E-state index < -0.39 is 0 Å². The van der Waals surface area contributed by atoms with Crippen LogP contribution in [-0.2, 0) is 0 Å². The highest BCUT2D eigenvalue weighted by Crippen LogP contribution is 2.33. The van der Waals surface area contributed by atoms with E-state index in [0.29, 0.717) is 18.4 Å². The van der Waals surface area contributed by atoms with Gasteiger partial charge in [-0.2, -0.15) is 4.98 Å². The van der Waals surface area contributed by atoms with Crippen LogP contribution >= 0.6 is 0 Å². The van der Waals surface area contributed by atoms with Crippen LogP contribution in [0.2, 0.25) is 0 Å². The molecule has 0 amide bonds. The van der Waals surface area contributed by atoms with Crippen molar-refractivity contribution in [1.82, 2.24) is 9.97 Å². The first kappa shape index (κ1) is 10.8. The van der Waals surface area contributed by atoms with Crippen molar-refractivity contribution >= 4 is 5.95 Å². The number of benzene rings is 1. The topological polar surface area (TPSA) is 56.3 Å². The number of fused-ring (bicyclic) bond motifs is 1. The maximum atomic E-state index is 5.59. The van der Waals surface area contributed by atoms with E-state index in [0.717, 1.165) is 11.3 Å². The van der Waals surface area contributed by atoms with Crippen LogP contribution in [0.3, 0.4) is 0 Å². The van der Waals surface area contributed by atoms with Crippen molar-refractivity contribution in [3.05, 3.63) is 42.1 Å². The average Bonchev–Trinajstić information content (AvgIpc) is 2.83. The third-order valence-electron chi connectivity index (χ3n) is 2.84. The van der Waals surface area contributed by atoms with Gasteiger partial charge in [-0.15, -0.1) is 0 Å². The SMILES string of the molecule is COc1ccnc(NC2COc3ccccc32)n1. The Labute approximate surface area is 105 Å². The molecule has 1 atom stereocenters. The molecule has 0 spiro atoms. The Balaban J connectivity index is 1.82. The second-order valence-electron chi connectivity index (χ2n) is 3.97. The predicted molar refractivity (Wildman–Crippen MR) is 66.9 cm³/mol. The van der Waals surface area contributed by atoms with Crippen molar-refractivity contribution in [3.8, 4) is 11.6 Å². The van der Waals surface area contributed by atoms with Crippen molar-refractivity contribution in [2.75, 3.05) is 19.0 Å². The summed E-state index contributed by atoms with van der Waals surface area (Å²) in [5.74, 6) is 2.00. The van der Waals surface area contributed by atoms with Gasteiger partial charge < -0.3 is 14.8 Å². The molecule has 0 saturated heterocycles. The molecule has 1 aromatic heterocycles. The summed E-state index contributed by atoms with van der Waals surface area (Å²) in [7, 11) is 1.58. The molecule has 2 heterocycles. The number of methoxy groups -OCH3 is 1. The highest BCUT2D eigenvalue weighted by atomic mass is 16.5. The van der Waals surface area contributed by atoms with Gasteiger partial charge in [-0.1, -0.05) is 18.2 Å². The standard InChI is InChI=1S/C13H13N3O2/c1-17-12-6-7-14-13(16-12)15-10-8-18-11-5-3-2-4-9(10)11/h2-7,10H,8H2,1H3,(H,14,15,16). The van der Waals surface area contributed by atoms with Gasteiger partial charge in [-0.3, -0.25) is 0 Å². The van der Waals surface area contributed by atoms with Crippen LogP contribution in [0.15, 0.2) is 36.5 Å². The van der Waals surface area contributed by atoms with Gasteiger partial charge in [-0.05, 0) is 6.07 Å². The lowest BCUT2D eigenvalue weighted by Crippen LogP contribution is -2.14. The maximum Gasteiger partial charge on any atom is 0.226 e. The lowest BCUT2D eigenvalue weighted by molar-refractivity contribution is 0.339. The quantitative estimate of drug-likeness (QED) is 0.893. The fourth-order valence-electron chi connectivity index (χ4n) is 1.96. The minimum absolute atomic E-state index is 0.0771. The molecule has 1 aliphatic heterocycles. The molecule has 5 nitrogen and oxygen atoms in total. The van der Waals surface area contributed by atoms with Crippen LogP contribution in [0.1, 0.15) is 11.6 Å². The van der Waals surface area contributed by atoms with Crippen molar-refractivity contribution in [3.63, 3.8) is 0 Å². The number of nitrogens with one attached hydrogen (secondary N) is 1. The summed E-state index contributed by atoms with van der Waals surface area (Å²) in [4.78, 5) is 8.39. The number of para-hydroxylation sites is 1. The van der Waals surface area contributed by atoms with Gasteiger partial charge in [0.15, 0.2) is 0 Å². The highest BCUT2D eigenvalue weighted by Gasteiger charge is 2.24. The first-order chi connectivity index (χ1) is 8.86. The molecule has 0 aliphatic carbocycles. The zero-order valence-electron chi connectivity index (χ0n) is 9.96. The zero-order chi connectivity index (χ0) is 12.4. The summed E-state index contributed by atoms with van der Waals surface area (Å²) in [6, 6.07) is 9.75. The van der Waals surface area contributed by atoms with E-state index in [1.807, 2.05) is 24.3 Å². The highest BCUT2D eigenvalue weighted by molar-refractivity contribution is 5.44. The van der Waals surface area contributed by atoms with E-state index in [4.69, 9.17) is 9.47 Å². The van der Waals surface area contributed by atoms with E-state index >= 15 is 0 Å². The van der Waals surface area contributed by atoms with E-state index in [1.165, 1.54) is 0 Å². The summed E-state index contributed by atoms with van der Waals surface area (Å²) in [6.07, 6.45) is 1.66. The largest absolute Gasteiger partial charge is 0.491 e. The Hall–Kier alpha value is -2.30. The van der Waals surface area contributed by atoms with Crippen LogP contribution in [0.5, 0.6) is 11.6 Å². The number of aromatic nitrogens is 2. The second-order valence-corrected chi connectivity index (χ2v) is 3.97. The number of nitrogens with zero attached hydrogens (tertiary/aromatic N) is 2. The van der Waals surface area contributed by atoms with Gasteiger partial charge in [-0.25, -0.2) is 4.98 Å². The minimum atomic E-state index is 0.0771. The second kappa shape index (κ2) is 4.52. The van der Waals surface area contributed by atoms with Crippen molar-refractivity contribution in [2.24, 2.45) is 0 Å². The Morgan fingerprint density at radius 3 is 3.11 bits per heavy atom. The minimum Gasteiger partial charge on any atom is -0.491 e. The summed E-state index contributed by atoms with van der Waals surface area (Å²) in [5, 5.41) is 3.24. The molecule has 0 saturated carbocycles. The molecular weight excluding hydrogens is 230 g/mol. The van der Waals surface area contributed by atoms with Gasteiger partial charge in [0.25, 0.3) is 0 Å². The zero-order valence-corrected chi connectivity index (χ0v) is 9.96. The maximum absolute atomic E-state index is 5.59. The van der Waals surface area contributed by atoms with Crippen LogP contribution in [0.4, 0.5) is 5.95 Å². The Morgan fingerprint density at radius 2 is 2.22 bits per heavy atom. The molecule has 0 bridgehead atoms. The number of hydrogen-bond donors (Lipinski definition) is 1. The van der Waals surface area contributed by atoms with E-state index in [-0.39, 0.29) is 6.04 Å². The third kappa shape index (κ3) is 1.95. The summed E-state index contributed by atoms with van der Waals surface area (Å²) in [5.41, 5.74) is 1.13. The molecule has 3 rings (SSSR count). The van der Waals surface area contributed by atoms with E-state index in [9.17, 15) is 0 Å². The van der Waals surface area contributed by atoms with Crippen LogP contribution in [0, 0.1) is 0 Å². The van der Waals surface area contributed by atoms with E-state index in [1.54, 1.807) is 19.4 Å². The summed E-state index contributed by atoms with van der Waals surface area (Å²) >= 11 is 0. The van der Waals surface area contributed by atoms with Crippen LogP contribution < -0.4 is 14.8 Å². The molecule has 1 N–H and O–H groups in total. The molecule has 1 unspecified atom stereocenters. The Bertz CT molecular complexity index is 559. The molecule has 1 aromatic carbocycles. The van der Waals surface area contributed by atoms with Gasteiger partial charge in [0.05, 0.1) is 13.2 Å². The van der Waals surface area contributed by atoms with E-state index in [2.05, 4.69) is 15.3 Å². The molecular formula is C13H13N3O2. The first-order valence-electron chi connectivity index (χ1n) is 5.72. The van der Waals surface area contributed by atoms with Crippen molar-refractivity contribution in [2.45, 2.75) is 6.04 Å². The van der Waals surface area contributed by atoms with Gasteiger partial charge in [0, 0.05) is 17.8 Å². The van der Waals surface area contributed by atoms with Gasteiger partial charge in [0.1, 0.15) is 12.4 Å². The van der Waals surface area contributed by atoms with Gasteiger partial charge in [0.2, 0.25) is 11.8 Å². The molecule has 5 heteroatoms. The van der Waals surface area contributed by atoms with Crippen molar-refractivity contribution in [1.29, 1.82) is 0 Å². The molecule has 2 aromatic rings. The monoisotopic (exact) mass is 243 g/mol. The lowest BCUT2D eigenvalue weighted by Gasteiger charge is -2.11. The first-order valence-corrected chi connectivity index (χ1v) is 5.72. The number of rotatable bonds is 3. The van der Waals surface area contributed by atoms with Crippen molar-refractivity contribution < 1.29 is 9.47 Å². The fraction of sp³-hybridized carbons (Fsp3) is 0.231. The lowest BCUT2D eigenvalue weighted by atomic mass is 10.1. The molecule has 0 radical (unpaired) electrons. The average molecular weight is 243 g/mol. The fourth-order valence-corrected chi connectivity index (χ4v) is 1.96. The van der Waals surface area contributed by atoms with Gasteiger partial charge >= 0.3 is 0 Å². The normalized spacial score (nSPS) is 16.8. The molecule has 18 heavy (non-hydrogen) atoms. The predicted octanol–water partition coefficient (Wildman–Crippen LogP) is 2.03. The smallest absolute Gasteiger partial charge is 0.226 e. The molecule has 0 fully saturated rings. The third-order valence-corrected chi connectivity index (χ3v) is 2.84. The number of ether oxygens (including phenoxy) is 2. The molecule has 1 aliphatic rings. The summed E-state index contributed by atoms with van der Waals surface area (Å²) < 4.78 is 10.7. The number of hydrogen-bond acceptors (Lipinski definition) is 5. The Kier molecular flexibility index (Phi) is 2.72. The van der Waals surface area contributed by atoms with Crippen LogP contribution in [0.25, 0.3) is 0 Å².